The monoisotopic (exact) mass is 510 g/mol. The number of carbonyl (C=O) groups is 2. The number of para-hydroxylation sites is 3. The van der Waals surface area contributed by atoms with Crippen molar-refractivity contribution in [3.63, 3.8) is 0 Å². The highest BCUT2D eigenvalue weighted by Crippen LogP contribution is 2.41. The minimum absolute atomic E-state index is 0.0972. The molecule has 3 aromatic carbocycles. The minimum Gasteiger partial charge on any atom is -0.495 e. The van der Waals surface area contributed by atoms with Gasteiger partial charge in [0.05, 0.1) is 41.1 Å². The zero-order chi connectivity index (χ0) is 26.2. The molecule has 0 saturated carbocycles. The Labute approximate surface area is 220 Å². The SMILES string of the molecule is COc1ccccc1NC(=O)C1=C(C)NC(SCC(=O)Nc2ccccc2)=C(C#N)[C@@H]1c1ccccc1. The summed E-state index contributed by atoms with van der Waals surface area (Å²) in [6, 6.07) is 28.0. The number of allylic oxidation sites excluding steroid dienone is 2. The molecule has 37 heavy (non-hydrogen) atoms. The van der Waals surface area contributed by atoms with Gasteiger partial charge in [0.25, 0.3) is 5.91 Å². The van der Waals surface area contributed by atoms with E-state index in [4.69, 9.17) is 4.74 Å². The maximum atomic E-state index is 13.6. The van der Waals surface area contributed by atoms with Crippen LogP contribution < -0.4 is 20.7 Å². The van der Waals surface area contributed by atoms with Gasteiger partial charge in [-0.3, -0.25) is 9.59 Å². The number of hydrogen-bond acceptors (Lipinski definition) is 6. The third kappa shape index (κ3) is 6.02. The fourth-order valence-corrected chi connectivity index (χ4v) is 4.99. The fraction of sp³-hybridized carbons (Fsp3) is 0.138. The van der Waals surface area contributed by atoms with E-state index < -0.39 is 5.92 Å². The van der Waals surface area contributed by atoms with Crippen molar-refractivity contribution in [3.8, 4) is 11.8 Å². The standard InChI is InChI=1S/C29H26N4O3S/c1-19-26(28(35)33-23-15-9-10-16-24(23)36-2)27(20-11-5-3-6-12-20)22(17-30)29(31-19)37-18-25(34)32-21-13-7-4-8-14-21/h3-16,27,31H,18H2,1-2H3,(H,32,34)(H,33,35)/t27-/m0/s1. The maximum Gasteiger partial charge on any atom is 0.254 e. The van der Waals surface area contributed by atoms with E-state index in [9.17, 15) is 14.9 Å². The van der Waals surface area contributed by atoms with Crippen molar-refractivity contribution in [1.29, 1.82) is 5.26 Å². The number of ether oxygens (including phenoxy) is 1. The van der Waals surface area contributed by atoms with Crippen LogP contribution in [0.15, 0.2) is 107 Å². The van der Waals surface area contributed by atoms with Gasteiger partial charge >= 0.3 is 0 Å². The third-order valence-corrected chi connectivity index (χ3v) is 6.80. The fourth-order valence-electron chi connectivity index (χ4n) is 4.10. The first-order valence-electron chi connectivity index (χ1n) is 11.6. The summed E-state index contributed by atoms with van der Waals surface area (Å²) in [7, 11) is 1.54. The van der Waals surface area contributed by atoms with Crippen molar-refractivity contribution in [2.24, 2.45) is 0 Å². The Bertz CT molecular complexity index is 1400. The number of amides is 2. The summed E-state index contributed by atoms with van der Waals surface area (Å²) in [5.41, 5.74) is 3.43. The molecule has 0 aromatic heterocycles. The molecule has 0 unspecified atom stereocenters. The molecule has 1 aliphatic rings. The average molecular weight is 511 g/mol. The van der Waals surface area contributed by atoms with E-state index in [1.807, 2.05) is 72.8 Å². The number of hydrogen-bond donors (Lipinski definition) is 3. The summed E-state index contributed by atoms with van der Waals surface area (Å²) in [6.07, 6.45) is 0. The van der Waals surface area contributed by atoms with Gasteiger partial charge in [-0.1, -0.05) is 72.4 Å². The van der Waals surface area contributed by atoms with Crippen molar-refractivity contribution in [2.45, 2.75) is 12.8 Å². The Morgan fingerprint density at radius 1 is 0.973 bits per heavy atom. The molecule has 1 heterocycles. The van der Waals surface area contributed by atoms with Crippen molar-refractivity contribution in [2.75, 3.05) is 23.5 Å². The predicted octanol–water partition coefficient (Wildman–Crippen LogP) is 5.40. The number of methoxy groups -OCH3 is 1. The molecule has 186 valence electrons. The Morgan fingerprint density at radius 3 is 2.30 bits per heavy atom. The number of dihydropyridines is 1. The topological polar surface area (TPSA) is 103 Å². The van der Waals surface area contributed by atoms with E-state index in [2.05, 4.69) is 22.0 Å². The molecule has 7 nitrogen and oxygen atoms in total. The largest absolute Gasteiger partial charge is 0.495 e. The summed E-state index contributed by atoms with van der Waals surface area (Å²) >= 11 is 1.23. The van der Waals surface area contributed by atoms with Crippen LogP contribution in [0.2, 0.25) is 0 Å². The second-order valence-corrected chi connectivity index (χ2v) is 9.20. The van der Waals surface area contributed by atoms with E-state index in [1.54, 1.807) is 26.2 Å². The van der Waals surface area contributed by atoms with Crippen molar-refractivity contribution in [3.05, 3.63) is 112 Å². The highest BCUT2D eigenvalue weighted by molar-refractivity contribution is 8.03. The van der Waals surface area contributed by atoms with E-state index in [-0.39, 0.29) is 17.6 Å². The van der Waals surface area contributed by atoms with Gasteiger partial charge in [0.1, 0.15) is 5.75 Å². The number of carbonyl (C=O) groups excluding carboxylic acids is 2. The molecule has 0 saturated heterocycles. The summed E-state index contributed by atoms with van der Waals surface area (Å²) in [5, 5.41) is 19.8. The number of nitrogens with one attached hydrogen (secondary N) is 3. The molecule has 0 aliphatic carbocycles. The van der Waals surface area contributed by atoms with Crippen LogP contribution in [0.1, 0.15) is 18.4 Å². The van der Waals surface area contributed by atoms with Crippen LogP contribution in [0.25, 0.3) is 0 Å². The normalized spacial score (nSPS) is 14.9. The lowest BCUT2D eigenvalue weighted by atomic mass is 9.82. The van der Waals surface area contributed by atoms with Gasteiger partial charge < -0.3 is 20.7 Å². The quantitative estimate of drug-likeness (QED) is 0.375. The molecule has 0 spiro atoms. The van der Waals surface area contributed by atoms with Crippen molar-refractivity contribution < 1.29 is 14.3 Å². The molecule has 1 atom stereocenters. The summed E-state index contributed by atoms with van der Waals surface area (Å²) in [6.45, 7) is 1.80. The van der Waals surface area contributed by atoms with Gasteiger partial charge in [0, 0.05) is 17.0 Å². The summed E-state index contributed by atoms with van der Waals surface area (Å²) in [4.78, 5) is 26.2. The first-order valence-corrected chi connectivity index (χ1v) is 12.6. The molecule has 2 amide bonds. The second-order valence-electron chi connectivity index (χ2n) is 8.22. The van der Waals surface area contributed by atoms with Crippen LogP contribution in [-0.4, -0.2) is 24.7 Å². The van der Waals surface area contributed by atoms with Gasteiger partial charge in [0.2, 0.25) is 5.91 Å². The lowest BCUT2D eigenvalue weighted by Gasteiger charge is -2.30. The van der Waals surface area contributed by atoms with E-state index in [0.29, 0.717) is 39.0 Å². The van der Waals surface area contributed by atoms with Gasteiger partial charge in [0.15, 0.2) is 0 Å². The smallest absolute Gasteiger partial charge is 0.254 e. The highest BCUT2D eigenvalue weighted by atomic mass is 32.2. The molecular formula is C29H26N4O3S. The van der Waals surface area contributed by atoms with Crippen molar-refractivity contribution in [1.82, 2.24) is 5.32 Å². The molecule has 3 aromatic rings. The predicted molar refractivity (Wildman–Crippen MR) is 147 cm³/mol. The Morgan fingerprint density at radius 2 is 1.62 bits per heavy atom. The lowest BCUT2D eigenvalue weighted by molar-refractivity contribution is -0.114. The van der Waals surface area contributed by atoms with Crippen LogP contribution in [0.4, 0.5) is 11.4 Å². The zero-order valence-corrected chi connectivity index (χ0v) is 21.3. The van der Waals surface area contributed by atoms with Crippen LogP contribution >= 0.6 is 11.8 Å². The van der Waals surface area contributed by atoms with Gasteiger partial charge in [-0.2, -0.15) is 5.26 Å². The van der Waals surface area contributed by atoms with Gasteiger partial charge in [-0.25, -0.2) is 0 Å². The van der Waals surface area contributed by atoms with Crippen LogP contribution in [0.5, 0.6) is 5.75 Å². The second kappa shape index (κ2) is 12.0. The summed E-state index contributed by atoms with van der Waals surface area (Å²) < 4.78 is 5.38. The summed E-state index contributed by atoms with van der Waals surface area (Å²) in [5.74, 6) is -0.519. The number of rotatable bonds is 8. The molecule has 3 N–H and O–H groups in total. The highest BCUT2D eigenvalue weighted by Gasteiger charge is 2.35. The van der Waals surface area contributed by atoms with Gasteiger partial charge in [-0.15, -0.1) is 0 Å². The number of nitriles is 1. The minimum atomic E-state index is -0.609. The van der Waals surface area contributed by atoms with E-state index in [1.165, 1.54) is 11.8 Å². The van der Waals surface area contributed by atoms with Crippen molar-refractivity contribution >= 4 is 35.0 Å². The number of nitrogens with zero attached hydrogens (tertiary/aromatic N) is 1. The Balaban J connectivity index is 1.63. The van der Waals surface area contributed by atoms with Crippen LogP contribution in [0, 0.1) is 11.3 Å². The van der Waals surface area contributed by atoms with E-state index >= 15 is 0 Å². The first-order chi connectivity index (χ1) is 18.0. The molecule has 4 rings (SSSR count). The molecule has 0 bridgehead atoms. The van der Waals surface area contributed by atoms with Gasteiger partial charge in [-0.05, 0) is 36.8 Å². The average Bonchev–Trinajstić information content (AvgIpc) is 2.92. The molecule has 0 fully saturated rings. The maximum absolute atomic E-state index is 13.6. The number of benzene rings is 3. The lowest BCUT2D eigenvalue weighted by Crippen LogP contribution is -2.31. The van der Waals surface area contributed by atoms with Crippen LogP contribution in [-0.2, 0) is 9.59 Å². The van der Waals surface area contributed by atoms with Crippen LogP contribution in [0.3, 0.4) is 0 Å². The zero-order valence-electron chi connectivity index (χ0n) is 20.4. The number of anilines is 2. The Kier molecular flexibility index (Phi) is 8.29. The molecule has 0 radical (unpaired) electrons. The molecular weight excluding hydrogens is 484 g/mol. The molecule has 1 aliphatic heterocycles. The Hall–Kier alpha value is -4.48. The number of thioether (sulfide) groups is 1. The van der Waals surface area contributed by atoms with E-state index in [0.717, 1.165) is 5.56 Å². The third-order valence-electron chi connectivity index (χ3n) is 5.79. The molecule has 8 heteroatoms. The first kappa shape index (κ1) is 25.6.